The topological polar surface area (TPSA) is 108 Å². The first-order valence-corrected chi connectivity index (χ1v) is 41.1. The number of phosphoric acid groups is 1. The van der Waals surface area contributed by atoms with Crippen LogP contribution in [0.3, 0.4) is 0 Å². The summed E-state index contributed by atoms with van der Waals surface area (Å²) in [5.41, 5.74) is 0. The molecule has 10 heteroatoms. The van der Waals surface area contributed by atoms with Gasteiger partial charge < -0.3 is 18.9 Å². The molecule has 0 bridgehead atoms. The van der Waals surface area contributed by atoms with Crippen molar-refractivity contribution in [3.63, 3.8) is 0 Å². The van der Waals surface area contributed by atoms with E-state index >= 15 is 0 Å². The largest absolute Gasteiger partial charge is 0.472 e. The Hall–Kier alpha value is -3.33. The van der Waals surface area contributed by atoms with Crippen molar-refractivity contribution in [1.29, 1.82) is 0 Å². The average molecular weight is 1330 g/mol. The number of hydrogen-bond donors (Lipinski definition) is 1. The van der Waals surface area contributed by atoms with Crippen LogP contribution in [0.2, 0.25) is 0 Å². The van der Waals surface area contributed by atoms with Crippen LogP contribution < -0.4 is 0 Å². The number of carbonyl (C=O) groups excluding carboxylic acids is 2. The summed E-state index contributed by atoms with van der Waals surface area (Å²) in [5.74, 6) is -0.792. The molecular weight excluding hydrogens is 1180 g/mol. The Morgan fingerprint density at radius 3 is 0.915 bits per heavy atom. The molecule has 0 aromatic rings. The Bertz CT molecular complexity index is 1960. The van der Waals surface area contributed by atoms with Gasteiger partial charge in [0.25, 0.3) is 0 Å². The third-order valence-corrected chi connectivity index (χ3v) is 18.3. The van der Waals surface area contributed by atoms with Crippen molar-refractivity contribution in [3.8, 4) is 0 Å². The summed E-state index contributed by atoms with van der Waals surface area (Å²) >= 11 is 0. The monoisotopic (exact) mass is 1330 g/mol. The van der Waals surface area contributed by atoms with Crippen molar-refractivity contribution < 1.29 is 42.1 Å². The lowest BCUT2D eigenvalue weighted by Crippen LogP contribution is -2.37. The number of quaternary nitrogens is 1. The van der Waals surface area contributed by atoms with Gasteiger partial charge in [-0.25, -0.2) is 4.57 Å². The van der Waals surface area contributed by atoms with Crippen molar-refractivity contribution in [3.05, 3.63) is 109 Å². The molecule has 2 atom stereocenters. The van der Waals surface area contributed by atoms with Crippen molar-refractivity contribution in [2.75, 3.05) is 47.5 Å². The molecule has 0 aliphatic carbocycles. The fourth-order valence-electron chi connectivity index (χ4n) is 11.3. The molecule has 0 amide bonds. The van der Waals surface area contributed by atoms with Crippen LogP contribution in [0.15, 0.2) is 109 Å². The van der Waals surface area contributed by atoms with E-state index in [1.54, 1.807) is 0 Å². The third kappa shape index (κ3) is 77.7. The zero-order valence-corrected chi connectivity index (χ0v) is 63.1. The van der Waals surface area contributed by atoms with Crippen LogP contribution >= 0.6 is 7.82 Å². The molecule has 0 fully saturated rings. The van der Waals surface area contributed by atoms with Gasteiger partial charge in [0.05, 0.1) is 27.7 Å². The Balaban J connectivity index is 3.99. The Morgan fingerprint density at radius 1 is 0.340 bits per heavy atom. The van der Waals surface area contributed by atoms with Gasteiger partial charge in [-0.05, 0) is 103 Å². The van der Waals surface area contributed by atoms with E-state index in [4.69, 9.17) is 18.5 Å². The first-order valence-electron chi connectivity index (χ1n) is 39.6. The predicted octanol–water partition coefficient (Wildman–Crippen LogP) is 26.4. The van der Waals surface area contributed by atoms with E-state index in [9.17, 15) is 19.0 Å². The summed E-state index contributed by atoms with van der Waals surface area (Å²) in [5, 5.41) is 0. The zero-order valence-electron chi connectivity index (χ0n) is 62.2. The first kappa shape index (κ1) is 90.7. The molecule has 0 saturated carbocycles. The van der Waals surface area contributed by atoms with E-state index in [0.29, 0.717) is 17.4 Å². The highest BCUT2D eigenvalue weighted by Crippen LogP contribution is 2.43. The van der Waals surface area contributed by atoms with Crippen LogP contribution in [-0.4, -0.2) is 74.9 Å². The van der Waals surface area contributed by atoms with E-state index in [-0.39, 0.29) is 32.0 Å². The normalized spacial score (nSPS) is 13.6. The van der Waals surface area contributed by atoms with Gasteiger partial charge in [-0.3, -0.25) is 18.6 Å². The average Bonchev–Trinajstić information content (AvgIpc) is 1.68. The SMILES string of the molecule is CC/C=C\C/C=C\C/C=C\C/C=C\C/C=C\C/C=C\C/C=C\C/C=C\CCCCCCCCCCCCC(=O)OC(COC(=O)CCCCCCCCCCCCCCCCCCCCCCCCC/C=C\CCCCCCCCCC)COP(=O)(O)OCC[N+](C)(C)C. The van der Waals surface area contributed by atoms with Crippen LogP contribution in [-0.2, 0) is 32.7 Å². The Labute approximate surface area is 582 Å². The van der Waals surface area contributed by atoms with Crippen molar-refractivity contribution in [1.82, 2.24) is 0 Å². The molecular formula is C84H151NO8P+. The zero-order chi connectivity index (χ0) is 68.3. The number of rotatable bonds is 73. The second-order valence-corrected chi connectivity index (χ2v) is 29.2. The summed E-state index contributed by atoms with van der Waals surface area (Å²) < 4.78 is 34.8. The molecule has 544 valence electrons. The molecule has 94 heavy (non-hydrogen) atoms. The van der Waals surface area contributed by atoms with Gasteiger partial charge in [-0.15, -0.1) is 0 Å². The van der Waals surface area contributed by atoms with Crippen LogP contribution in [0.4, 0.5) is 0 Å². The predicted molar refractivity (Wildman–Crippen MR) is 408 cm³/mol. The van der Waals surface area contributed by atoms with Gasteiger partial charge in [-0.2, -0.15) is 0 Å². The number of likely N-dealkylation sites (N-methyl/N-ethyl adjacent to an activating group) is 1. The summed E-state index contributed by atoms with van der Waals surface area (Å²) in [6.45, 7) is 4.35. The van der Waals surface area contributed by atoms with Crippen molar-refractivity contribution in [2.45, 2.75) is 367 Å². The van der Waals surface area contributed by atoms with E-state index in [2.05, 4.69) is 123 Å². The Kier molecular flexibility index (Phi) is 71.3. The molecule has 0 aliphatic rings. The van der Waals surface area contributed by atoms with E-state index in [1.807, 2.05) is 21.1 Å². The number of allylic oxidation sites excluding steroid dienone is 18. The second kappa shape index (κ2) is 73.9. The van der Waals surface area contributed by atoms with Crippen LogP contribution in [0.5, 0.6) is 0 Å². The van der Waals surface area contributed by atoms with Crippen LogP contribution in [0.25, 0.3) is 0 Å². The highest BCUT2D eigenvalue weighted by molar-refractivity contribution is 7.47. The number of carbonyl (C=O) groups is 2. The molecule has 0 aromatic carbocycles. The van der Waals surface area contributed by atoms with E-state index in [0.717, 1.165) is 96.3 Å². The molecule has 0 rings (SSSR count). The molecule has 1 N–H and O–H groups in total. The number of nitrogens with zero attached hydrogens (tertiary/aromatic N) is 1. The minimum atomic E-state index is -4.40. The van der Waals surface area contributed by atoms with Crippen molar-refractivity contribution >= 4 is 19.8 Å². The summed E-state index contributed by atoms with van der Waals surface area (Å²) in [6.07, 6.45) is 105. The quantitative estimate of drug-likeness (QED) is 0.0211. The molecule has 0 aliphatic heterocycles. The van der Waals surface area contributed by atoms with Gasteiger partial charge in [0, 0.05) is 12.8 Å². The maximum absolute atomic E-state index is 12.9. The van der Waals surface area contributed by atoms with Crippen LogP contribution in [0.1, 0.15) is 361 Å². The lowest BCUT2D eigenvalue weighted by molar-refractivity contribution is -0.870. The summed E-state index contributed by atoms with van der Waals surface area (Å²) in [7, 11) is 1.48. The van der Waals surface area contributed by atoms with Gasteiger partial charge in [0.15, 0.2) is 6.10 Å². The standard InChI is InChI=1S/C84H150NO8P/c1-6-8-10-12-14-16-18-20-22-24-26-28-30-32-34-36-38-40-42-44-46-48-50-52-54-56-58-60-62-64-66-68-70-72-74-76-83(86)90-80-82(81-92-94(88,89)91-79-78-85(3,4)5)93-84(87)77-75-73-71-69-67-65-63-61-59-57-55-53-51-49-47-45-43-41-39-37-35-33-31-29-27-25-23-21-19-17-15-13-11-9-7-2/h9,11,15,17,21,23-24,26-27,29,33,35,39,41,45,47,51,53,82H,6-8,10,12-14,16,18-20,22,25,28,30-32,34,36-38,40,42-44,46,48-50,52,54-81H2,1-5H3/p+1/b11-9-,17-15-,23-21-,26-24-,29-27-,35-33-,41-39-,47-45-,53-51-. The molecule has 2 unspecified atom stereocenters. The fraction of sp³-hybridized carbons (Fsp3) is 0.762. The molecule has 0 spiro atoms. The smallest absolute Gasteiger partial charge is 0.462 e. The van der Waals surface area contributed by atoms with Crippen LogP contribution in [0, 0.1) is 0 Å². The second-order valence-electron chi connectivity index (χ2n) is 27.7. The van der Waals surface area contributed by atoms with Gasteiger partial charge in [-0.1, -0.05) is 354 Å². The molecule has 0 saturated heterocycles. The van der Waals surface area contributed by atoms with Crippen molar-refractivity contribution in [2.24, 2.45) is 0 Å². The highest BCUT2D eigenvalue weighted by Gasteiger charge is 2.27. The number of unbranched alkanes of at least 4 members (excludes halogenated alkanes) is 41. The number of phosphoric ester groups is 1. The number of ether oxygens (including phenoxy) is 2. The van der Waals surface area contributed by atoms with E-state index < -0.39 is 26.5 Å². The minimum absolute atomic E-state index is 0.0281. The lowest BCUT2D eigenvalue weighted by atomic mass is 10.0. The highest BCUT2D eigenvalue weighted by atomic mass is 31.2. The lowest BCUT2D eigenvalue weighted by Gasteiger charge is -2.24. The molecule has 0 aromatic heterocycles. The third-order valence-electron chi connectivity index (χ3n) is 17.3. The number of hydrogen-bond acceptors (Lipinski definition) is 7. The number of esters is 2. The maximum atomic E-state index is 12.9. The summed E-state index contributed by atoms with van der Waals surface area (Å²) in [6, 6.07) is 0. The van der Waals surface area contributed by atoms with Gasteiger partial charge in [0.1, 0.15) is 19.8 Å². The van der Waals surface area contributed by atoms with Gasteiger partial charge in [0.2, 0.25) is 0 Å². The molecule has 0 heterocycles. The maximum Gasteiger partial charge on any atom is 0.472 e. The first-order chi connectivity index (χ1) is 46.0. The molecule has 0 radical (unpaired) electrons. The minimum Gasteiger partial charge on any atom is -0.462 e. The Morgan fingerprint density at radius 2 is 0.606 bits per heavy atom. The summed E-state index contributed by atoms with van der Waals surface area (Å²) in [4.78, 5) is 36.0. The fourth-order valence-corrected chi connectivity index (χ4v) is 12.0. The van der Waals surface area contributed by atoms with E-state index in [1.165, 1.54) is 231 Å². The molecule has 9 nitrogen and oxygen atoms in total. The van der Waals surface area contributed by atoms with Gasteiger partial charge >= 0.3 is 19.8 Å².